The first-order chi connectivity index (χ1) is 13.1. The van der Waals surface area contributed by atoms with Crippen LogP contribution in [0.15, 0.2) is 52.2 Å². The van der Waals surface area contributed by atoms with Crippen LogP contribution in [0.4, 0.5) is 4.39 Å². The standard InChI is InChI=1S/C21H24FN3O2/c1-15-8-10-24(11-9-15)14-21(26)25-19(20-3-2-12-27-20)13-18(23-25)16-4-6-17(22)7-5-16/h2-7,12,15,19H,8-11,13-14H2,1H3. The van der Waals surface area contributed by atoms with Crippen LogP contribution in [0.2, 0.25) is 0 Å². The van der Waals surface area contributed by atoms with Crippen molar-refractivity contribution < 1.29 is 13.6 Å². The van der Waals surface area contributed by atoms with Crippen molar-refractivity contribution in [2.45, 2.75) is 32.2 Å². The lowest BCUT2D eigenvalue weighted by atomic mass is 9.99. The number of piperidine rings is 1. The van der Waals surface area contributed by atoms with Crippen molar-refractivity contribution in [2.75, 3.05) is 19.6 Å². The molecular weight excluding hydrogens is 345 g/mol. The summed E-state index contributed by atoms with van der Waals surface area (Å²) in [5, 5.41) is 6.15. The number of carbonyl (C=O) groups is 1. The summed E-state index contributed by atoms with van der Waals surface area (Å²) >= 11 is 0. The molecule has 0 N–H and O–H groups in total. The Morgan fingerprint density at radius 2 is 1.96 bits per heavy atom. The average Bonchev–Trinajstić information content (AvgIpc) is 3.33. The molecule has 1 saturated heterocycles. The summed E-state index contributed by atoms with van der Waals surface area (Å²) in [4.78, 5) is 15.2. The highest BCUT2D eigenvalue weighted by Crippen LogP contribution is 2.33. The van der Waals surface area contributed by atoms with Gasteiger partial charge in [0.15, 0.2) is 0 Å². The van der Waals surface area contributed by atoms with Gasteiger partial charge in [0.05, 0.1) is 18.5 Å². The molecule has 6 heteroatoms. The molecule has 4 rings (SSSR count). The zero-order valence-corrected chi connectivity index (χ0v) is 15.5. The zero-order chi connectivity index (χ0) is 18.8. The average molecular weight is 369 g/mol. The lowest BCUT2D eigenvalue weighted by Gasteiger charge is -2.31. The number of likely N-dealkylation sites (tertiary alicyclic amines) is 1. The van der Waals surface area contributed by atoms with Crippen LogP contribution < -0.4 is 0 Å². The first-order valence-electron chi connectivity index (χ1n) is 9.51. The van der Waals surface area contributed by atoms with Gasteiger partial charge >= 0.3 is 0 Å². The van der Waals surface area contributed by atoms with Crippen LogP contribution in [0.3, 0.4) is 0 Å². The summed E-state index contributed by atoms with van der Waals surface area (Å²) in [7, 11) is 0. The lowest BCUT2D eigenvalue weighted by molar-refractivity contribution is -0.134. The van der Waals surface area contributed by atoms with Gasteiger partial charge in [0.1, 0.15) is 17.6 Å². The van der Waals surface area contributed by atoms with Crippen molar-refractivity contribution in [1.29, 1.82) is 0 Å². The van der Waals surface area contributed by atoms with Crippen LogP contribution in [0.5, 0.6) is 0 Å². The monoisotopic (exact) mass is 369 g/mol. The molecule has 0 saturated carbocycles. The Kier molecular flexibility index (Phi) is 5.07. The number of nitrogens with zero attached hydrogens (tertiary/aromatic N) is 3. The smallest absolute Gasteiger partial charge is 0.257 e. The van der Waals surface area contributed by atoms with Gasteiger partial charge in [-0.3, -0.25) is 9.69 Å². The minimum Gasteiger partial charge on any atom is -0.467 e. The van der Waals surface area contributed by atoms with Gasteiger partial charge in [0.2, 0.25) is 0 Å². The molecule has 2 aliphatic heterocycles. The number of hydrogen-bond donors (Lipinski definition) is 0. The maximum absolute atomic E-state index is 13.2. The Bertz CT molecular complexity index is 808. The number of benzene rings is 1. The molecule has 1 atom stereocenters. The Morgan fingerprint density at radius 1 is 1.22 bits per heavy atom. The molecule has 1 fully saturated rings. The van der Waals surface area contributed by atoms with Crippen LogP contribution in [-0.4, -0.2) is 41.2 Å². The van der Waals surface area contributed by atoms with Gasteiger partial charge in [-0.1, -0.05) is 19.1 Å². The summed E-state index contributed by atoms with van der Waals surface area (Å²) in [6.45, 7) is 4.51. The van der Waals surface area contributed by atoms with Crippen molar-refractivity contribution >= 4 is 11.6 Å². The number of carbonyl (C=O) groups excluding carboxylic acids is 1. The van der Waals surface area contributed by atoms with E-state index >= 15 is 0 Å². The van der Waals surface area contributed by atoms with Gasteiger partial charge in [-0.2, -0.15) is 5.10 Å². The SMILES string of the molecule is CC1CCN(CC(=O)N2N=C(c3ccc(F)cc3)CC2c2ccco2)CC1. The molecule has 0 bridgehead atoms. The van der Waals surface area contributed by atoms with E-state index in [0.717, 1.165) is 48.9 Å². The van der Waals surface area contributed by atoms with Gasteiger partial charge < -0.3 is 4.42 Å². The molecule has 1 aromatic heterocycles. The Morgan fingerprint density at radius 3 is 2.63 bits per heavy atom. The van der Waals surface area contributed by atoms with Crippen LogP contribution in [0, 0.1) is 11.7 Å². The fourth-order valence-corrected chi connectivity index (χ4v) is 3.74. The fraction of sp³-hybridized carbons (Fsp3) is 0.429. The predicted octanol–water partition coefficient (Wildman–Crippen LogP) is 3.83. The van der Waals surface area contributed by atoms with Gasteiger partial charge in [-0.15, -0.1) is 0 Å². The number of amides is 1. The molecule has 1 aromatic carbocycles. The molecule has 3 heterocycles. The molecule has 2 aromatic rings. The van der Waals surface area contributed by atoms with Gasteiger partial charge in [0, 0.05) is 6.42 Å². The molecule has 0 spiro atoms. The molecular formula is C21H24FN3O2. The second-order valence-corrected chi connectivity index (χ2v) is 7.49. The predicted molar refractivity (Wildman–Crippen MR) is 101 cm³/mol. The van der Waals surface area contributed by atoms with Crippen LogP contribution in [-0.2, 0) is 4.79 Å². The van der Waals surface area contributed by atoms with Crippen molar-refractivity contribution in [3.8, 4) is 0 Å². The topological polar surface area (TPSA) is 49.1 Å². The van der Waals surface area contributed by atoms with Crippen LogP contribution in [0.1, 0.15) is 43.6 Å². The quantitative estimate of drug-likeness (QED) is 0.823. The van der Waals surface area contributed by atoms with Crippen molar-refractivity contribution in [3.05, 3.63) is 59.8 Å². The molecule has 2 aliphatic rings. The third-order valence-electron chi connectivity index (χ3n) is 5.45. The highest BCUT2D eigenvalue weighted by Gasteiger charge is 2.35. The van der Waals surface area contributed by atoms with Crippen molar-refractivity contribution in [3.63, 3.8) is 0 Å². The number of hydrogen-bond acceptors (Lipinski definition) is 4. The van der Waals surface area contributed by atoms with E-state index in [2.05, 4.69) is 16.9 Å². The van der Waals surface area contributed by atoms with E-state index in [1.165, 1.54) is 12.1 Å². The Labute approximate surface area is 158 Å². The maximum Gasteiger partial charge on any atom is 0.257 e. The van der Waals surface area contributed by atoms with Crippen LogP contribution >= 0.6 is 0 Å². The number of halogens is 1. The first kappa shape index (κ1) is 17.9. The van der Waals surface area contributed by atoms with E-state index in [4.69, 9.17) is 4.42 Å². The minimum absolute atomic E-state index is 0.0249. The van der Waals surface area contributed by atoms with E-state index in [9.17, 15) is 9.18 Å². The summed E-state index contributed by atoms with van der Waals surface area (Å²) in [6.07, 6.45) is 4.42. The summed E-state index contributed by atoms with van der Waals surface area (Å²) in [5.41, 5.74) is 1.60. The van der Waals surface area contributed by atoms with Gasteiger partial charge in [0.25, 0.3) is 5.91 Å². The molecule has 0 aliphatic carbocycles. The van der Waals surface area contributed by atoms with E-state index in [1.54, 1.807) is 23.4 Å². The number of furan rings is 1. The second-order valence-electron chi connectivity index (χ2n) is 7.49. The van der Waals surface area contributed by atoms with Crippen molar-refractivity contribution in [1.82, 2.24) is 9.91 Å². The highest BCUT2D eigenvalue weighted by molar-refractivity contribution is 6.03. The fourth-order valence-electron chi connectivity index (χ4n) is 3.74. The molecule has 1 unspecified atom stereocenters. The van der Waals surface area contributed by atoms with E-state index < -0.39 is 0 Å². The third-order valence-corrected chi connectivity index (χ3v) is 5.45. The second kappa shape index (κ2) is 7.64. The Hall–Kier alpha value is -2.47. The van der Waals surface area contributed by atoms with E-state index in [0.29, 0.717) is 13.0 Å². The maximum atomic E-state index is 13.2. The Balaban J connectivity index is 1.54. The third kappa shape index (κ3) is 3.95. The van der Waals surface area contributed by atoms with E-state index in [1.807, 2.05) is 12.1 Å². The molecule has 27 heavy (non-hydrogen) atoms. The molecule has 5 nitrogen and oxygen atoms in total. The summed E-state index contributed by atoms with van der Waals surface area (Å²) in [5.74, 6) is 1.13. The first-order valence-corrected chi connectivity index (χ1v) is 9.51. The van der Waals surface area contributed by atoms with E-state index in [-0.39, 0.29) is 17.8 Å². The number of rotatable bonds is 4. The van der Waals surface area contributed by atoms with Crippen LogP contribution in [0.25, 0.3) is 0 Å². The van der Waals surface area contributed by atoms with Crippen molar-refractivity contribution in [2.24, 2.45) is 11.0 Å². The van der Waals surface area contributed by atoms with Gasteiger partial charge in [-0.05, 0) is 61.7 Å². The normalized spacial score (nSPS) is 21.5. The largest absolute Gasteiger partial charge is 0.467 e. The summed E-state index contributed by atoms with van der Waals surface area (Å²) < 4.78 is 18.8. The molecule has 142 valence electrons. The molecule has 0 radical (unpaired) electrons. The lowest BCUT2D eigenvalue weighted by Crippen LogP contribution is -2.41. The number of hydrazone groups is 1. The molecule has 1 amide bonds. The summed E-state index contributed by atoms with van der Waals surface area (Å²) in [6, 6.07) is 9.67. The van der Waals surface area contributed by atoms with Gasteiger partial charge in [-0.25, -0.2) is 9.40 Å². The minimum atomic E-state index is -0.285. The highest BCUT2D eigenvalue weighted by atomic mass is 19.1. The zero-order valence-electron chi connectivity index (χ0n) is 15.5.